The van der Waals surface area contributed by atoms with Crippen molar-refractivity contribution in [3.8, 4) is 0 Å². The number of carbonyl (C=O) groups excluding carboxylic acids is 3. The van der Waals surface area contributed by atoms with Crippen LogP contribution in [0, 0.1) is 5.92 Å². The van der Waals surface area contributed by atoms with Crippen molar-refractivity contribution in [3.63, 3.8) is 0 Å². The van der Waals surface area contributed by atoms with Gasteiger partial charge in [-0.05, 0) is 53.6 Å². The van der Waals surface area contributed by atoms with Crippen molar-refractivity contribution in [1.29, 1.82) is 0 Å². The molecule has 0 radical (unpaired) electrons. The van der Waals surface area contributed by atoms with E-state index in [1.807, 2.05) is 48.5 Å². The second-order valence-electron chi connectivity index (χ2n) is 11.3. The van der Waals surface area contributed by atoms with E-state index in [1.165, 1.54) is 4.90 Å². The minimum Gasteiger partial charge on any atom is -0.395 e. The van der Waals surface area contributed by atoms with E-state index in [4.69, 9.17) is 11.6 Å². The zero-order valence-corrected chi connectivity index (χ0v) is 26.2. The average Bonchev–Trinajstić information content (AvgIpc) is 3.28. The van der Waals surface area contributed by atoms with Crippen molar-refractivity contribution >= 4 is 40.7 Å². The largest absolute Gasteiger partial charge is 0.395 e. The van der Waals surface area contributed by atoms with E-state index in [-0.39, 0.29) is 37.9 Å². The Kier molecular flexibility index (Phi) is 10.3. The minimum absolute atomic E-state index is 0.0424. The predicted octanol–water partition coefficient (Wildman–Crippen LogP) is 5.93. The molecule has 9 heteroatoms. The first-order chi connectivity index (χ1) is 22.2. The molecular weight excluding hydrogens is 602 g/mol. The highest BCUT2D eigenvalue weighted by atomic mass is 35.5. The standard InChI is InChI=1S/C37H36ClN3O5/c1-26(9-8-14-34(43)40(21-22-42)24-27-10-4-2-5-11-27)37(46)32-23-30(38)17-20-33(32)41(36(37)45)25-28-15-18-31(19-16-28)39-35(44)29-12-6-3-7-13-29/h2-13,15-20,23,26,42,46H,14,21-22,24-25H2,1H3,(H,39,44)/b9-8+/t26-,37+/m0/s1. The Morgan fingerprint density at radius 2 is 1.63 bits per heavy atom. The van der Waals surface area contributed by atoms with Gasteiger partial charge >= 0.3 is 0 Å². The molecular formula is C37H36ClN3O5. The number of aliphatic hydroxyl groups excluding tert-OH is 1. The summed E-state index contributed by atoms with van der Waals surface area (Å²) in [6.07, 6.45) is 3.37. The first-order valence-corrected chi connectivity index (χ1v) is 15.5. The number of carbonyl (C=O) groups is 3. The molecule has 0 bridgehead atoms. The second-order valence-corrected chi connectivity index (χ2v) is 11.7. The molecule has 0 saturated heterocycles. The maximum Gasteiger partial charge on any atom is 0.264 e. The number of aliphatic hydroxyl groups is 2. The van der Waals surface area contributed by atoms with Crippen molar-refractivity contribution in [3.05, 3.63) is 143 Å². The number of fused-ring (bicyclic) bond motifs is 1. The molecule has 46 heavy (non-hydrogen) atoms. The van der Waals surface area contributed by atoms with Crippen LogP contribution in [0.25, 0.3) is 0 Å². The Bertz CT molecular complexity index is 1710. The summed E-state index contributed by atoms with van der Waals surface area (Å²) in [5, 5.41) is 24.7. The lowest BCUT2D eigenvalue weighted by Gasteiger charge is -2.28. The molecule has 5 rings (SSSR count). The zero-order valence-electron chi connectivity index (χ0n) is 25.5. The number of anilines is 2. The molecule has 0 unspecified atom stereocenters. The van der Waals surface area contributed by atoms with E-state index in [1.54, 1.807) is 78.6 Å². The van der Waals surface area contributed by atoms with E-state index in [0.29, 0.717) is 34.1 Å². The fourth-order valence-electron chi connectivity index (χ4n) is 5.60. The topological polar surface area (TPSA) is 110 Å². The van der Waals surface area contributed by atoms with E-state index in [0.717, 1.165) is 11.1 Å². The fourth-order valence-corrected chi connectivity index (χ4v) is 5.78. The van der Waals surface area contributed by atoms with Gasteiger partial charge in [0, 0.05) is 47.3 Å². The van der Waals surface area contributed by atoms with Crippen LogP contribution in [0.15, 0.2) is 115 Å². The van der Waals surface area contributed by atoms with Crippen LogP contribution in [-0.4, -0.2) is 46.0 Å². The Morgan fingerprint density at radius 3 is 2.30 bits per heavy atom. The zero-order chi connectivity index (χ0) is 32.7. The number of nitrogens with one attached hydrogen (secondary N) is 1. The maximum atomic E-state index is 13.9. The van der Waals surface area contributed by atoms with Gasteiger partial charge in [0.15, 0.2) is 5.60 Å². The summed E-state index contributed by atoms with van der Waals surface area (Å²) >= 11 is 6.33. The van der Waals surface area contributed by atoms with Gasteiger partial charge in [0.1, 0.15) is 0 Å². The predicted molar refractivity (Wildman–Crippen MR) is 179 cm³/mol. The summed E-state index contributed by atoms with van der Waals surface area (Å²) < 4.78 is 0. The van der Waals surface area contributed by atoms with Crippen molar-refractivity contribution in [2.75, 3.05) is 23.4 Å². The van der Waals surface area contributed by atoms with Crippen LogP contribution in [0.2, 0.25) is 5.02 Å². The van der Waals surface area contributed by atoms with Gasteiger partial charge in [-0.1, -0.05) is 91.3 Å². The molecule has 8 nitrogen and oxygen atoms in total. The molecule has 0 spiro atoms. The summed E-state index contributed by atoms with van der Waals surface area (Å²) in [5.74, 6) is -1.59. The Labute approximate surface area is 273 Å². The average molecular weight is 638 g/mol. The van der Waals surface area contributed by atoms with Crippen LogP contribution in [0.1, 0.15) is 40.4 Å². The van der Waals surface area contributed by atoms with Gasteiger partial charge in [0.2, 0.25) is 5.91 Å². The summed E-state index contributed by atoms with van der Waals surface area (Å²) in [7, 11) is 0. The molecule has 1 aliphatic heterocycles. The van der Waals surface area contributed by atoms with Crippen LogP contribution in [0.5, 0.6) is 0 Å². The first kappa shape index (κ1) is 32.6. The highest BCUT2D eigenvalue weighted by Gasteiger charge is 2.52. The molecule has 4 aromatic rings. The Balaban J connectivity index is 1.29. The maximum absolute atomic E-state index is 13.9. The molecule has 3 N–H and O–H groups in total. The smallest absolute Gasteiger partial charge is 0.264 e. The molecule has 2 atom stereocenters. The van der Waals surface area contributed by atoms with E-state index >= 15 is 0 Å². The second kappa shape index (κ2) is 14.6. The Morgan fingerprint density at radius 1 is 0.957 bits per heavy atom. The van der Waals surface area contributed by atoms with Gasteiger partial charge in [0.05, 0.1) is 18.8 Å². The normalized spacial score (nSPS) is 16.3. The van der Waals surface area contributed by atoms with Crippen LogP contribution in [-0.2, 0) is 28.3 Å². The molecule has 3 amide bonds. The lowest BCUT2D eigenvalue weighted by Crippen LogP contribution is -2.44. The van der Waals surface area contributed by atoms with Crippen LogP contribution in [0.3, 0.4) is 0 Å². The summed E-state index contributed by atoms with van der Waals surface area (Å²) in [4.78, 5) is 42.6. The Hall–Kier alpha value is -4.76. The number of amides is 3. The molecule has 0 aliphatic carbocycles. The summed E-state index contributed by atoms with van der Waals surface area (Å²) in [5.41, 5.74) is 1.95. The number of rotatable bonds is 12. The lowest BCUT2D eigenvalue weighted by atomic mass is 9.83. The van der Waals surface area contributed by atoms with Crippen molar-refractivity contribution in [2.24, 2.45) is 5.92 Å². The highest BCUT2D eigenvalue weighted by molar-refractivity contribution is 6.31. The van der Waals surface area contributed by atoms with Gasteiger partial charge in [-0.2, -0.15) is 0 Å². The third kappa shape index (κ3) is 7.21. The first-order valence-electron chi connectivity index (χ1n) is 15.1. The monoisotopic (exact) mass is 637 g/mol. The van der Waals surface area contributed by atoms with Crippen molar-refractivity contribution < 1.29 is 24.6 Å². The molecule has 1 aliphatic rings. The quantitative estimate of drug-likeness (QED) is 0.167. The molecule has 0 fully saturated rings. The SMILES string of the molecule is C[C@@H](/C=C/CC(=O)N(CCO)Cc1ccccc1)[C@]1(O)C(=O)N(Cc2ccc(NC(=O)c3ccccc3)cc2)c2ccc(Cl)cc21. The van der Waals surface area contributed by atoms with Gasteiger partial charge in [-0.15, -0.1) is 0 Å². The van der Waals surface area contributed by atoms with Crippen LogP contribution < -0.4 is 10.2 Å². The summed E-state index contributed by atoms with van der Waals surface area (Å²) in [6, 6.07) is 30.6. The van der Waals surface area contributed by atoms with Crippen molar-refractivity contribution in [1.82, 2.24) is 4.90 Å². The molecule has 0 saturated carbocycles. The fraction of sp³-hybridized carbons (Fsp3) is 0.216. The van der Waals surface area contributed by atoms with E-state index < -0.39 is 17.4 Å². The van der Waals surface area contributed by atoms with Gasteiger partial charge in [0.25, 0.3) is 11.8 Å². The van der Waals surface area contributed by atoms with Crippen LogP contribution in [0.4, 0.5) is 11.4 Å². The third-order valence-electron chi connectivity index (χ3n) is 8.13. The minimum atomic E-state index is -1.90. The van der Waals surface area contributed by atoms with Gasteiger partial charge < -0.3 is 25.3 Å². The number of halogens is 1. The number of hydrogen-bond donors (Lipinski definition) is 3. The molecule has 1 heterocycles. The van der Waals surface area contributed by atoms with E-state index in [2.05, 4.69) is 5.32 Å². The van der Waals surface area contributed by atoms with Crippen molar-refractivity contribution in [2.45, 2.75) is 32.0 Å². The number of benzene rings is 4. The lowest BCUT2D eigenvalue weighted by molar-refractivity contribution is -0.139. The number of hydrogen-bond acceptors (Lipinski definition) is 5. The molecule has 0 aromatic heterocycles. The highest BCUT2D eigenvalue weighted by Crippen LogP contribution is 2.46. The van der Waals surface area contributed by atoms with Gasteiger partial charge in [-0.25, -0.2) is 0 Å². The molecule has 4 aromatic carbocycles. The third-order valence-corrected chi connectivity index (χ3v) is 8.37. The van der Waals surface area contributed by atoms with Crippen LogP contribution >= 0.6 is 11.6 Å². The summed E-state index contributed by atoms with van der Waals surface area (Å²) in [6.45, 7) is 2.32. The van der Waals surface area contributed by atoms with E-state index in [9.17, 15) is 24.6 Å². The van der Waals surface area contributed by atoms with Gasteiger partial charge in [-0.3, -0.25) is 14.4 Å². The molecule has 236 valence electrons. The number of nitrogens with zero attached hydrogens (tertiary/aromatic N) is 2.